The SMILES string of the molecule is CNC[C@@H](CCN1CCC2(CC1)CN(C(C)=O)c1ccc(F)cc12)c1ccc(Cl)c(Cl)c1. The number of fused-ring (bicyclic) bond motifs is 2. The summed E-state index contributed by atoms with van der Waals surface area (Å²) in [5, 5.41) is 4.46. The Hall–Kier alpha value is -1.66. The largest absolute Gasteiger partial charge is 0.319 e. The minimum absolute atomic E-state index is 0.0219. The average molecular weight is 478 g/mol. The summed E-state index contributed by atoms with van der Waals surface area (Å²) in [5.74, 6) is 0.140. The summed E-state index contributed by atoms with van der Waals surface area (Å²) in [6.07, 6.45) is 2.87. The van der Waals surface area contributed by atoms with E-state index in [1.807, 2.05) is 24.1 Å². The van der Waals surface area contributed by atoms with Crippen molar-refractivity contribution in [2.24, 2.45) is 0 Å². The summed E-state index contributed by atoms with van der Waals surface area (Å²) in [7, 11) is 1.96. The van der Waals surface area contributed by atoms with E-state index in [9.17, 15) is 9.18 Å². The zero-order valence-corrected chi connectivity index (χ0v) is 20.1. The highest BCUT2D eigenvalue weighted by Crippen LogP contribution is 2.47. The van der Waals surface area contributed by atoms with Crippen LogP contribution in [-0.2, 0) is 10.2 Å². The fraction of sp³-hybridized carbons (Fsp3) is 0.480. The second-order valence-corrected chi connectivity index (χ2v) is 9.92. The van der Waals surface area contributed by atoms with E-state index in [1.54, 1.807) is 19.1 Å². The summed E-state index contributed by atoms with van der Waals surface area (Å²) >= 11 is 12.3. The van der Waals surface area contributed by atoms with Crippen LogP contribution in [0.25, 0.3) is 0 Å². The number of carbonyl (C=O) groups is 1. The van der Waals surface area contributed by atoms with E-state index >= 15 is 0 Å². The molecule has 0 saturated carbocycles. The van der Waals surface area contributed by atoms with Crippen LogP contribution in [0.15, 0.2) is 36.4 Å². The number of nitrogens with zero attached hydrogens (tertiary/aromatic N) is 2. The van der Waals surface area contributed by atoms with Crippen LogP contribution in [0.3, 0.4) is 0 Å². The van der Waals surface area contributed by atoms with Gasteiger partial charge in [-0.15, -0.1) is 0 Å². The first-order valence-electron chi connectivity index (χ1n) is 11.2. The number of rotatable bonds is 6. The van der Waals surface area contributed by atoms with E-state index in [0.29, 0.717) is 22.5 Å². The van der Waals surface area contributed by atoms with Gasteiger partial charge in [-0.1, -0.05) is 29.3 Å². The van der Waals surface area contributed by atoms with Crippen LogP contribution in [0.2, 0.25) is 10.0 Å². The Morgan fingerprint density at radius 3 is 2.56 bits per heavy atom. The molecule has 2 aromatic carbocycles. The van der Waals surface area contributed by atoms with Crippen LogP contribution < -0.4 is 10.2 Å². The first-order valence-corrected chi connectivity index (χ1v) is 12.0. The van der Waals surface area contributed by atoms with Crippen LogP contribution in [0.1, 0.15) is 43.2 Å². The monoisotopic (exact) mass is 477 g/mol. The first-order chi connectivity index (χ1) is 15.3. The molecular weight excluding hydrogens is 448 g/mol. The van der Waals surface area contributed by atoms with Crippen molar-refractivity contribution >= 4 is 34.8 Å². The third-order valence-corrected chi connectivity index (χ3v) is 7.87. The Morgan fingerprint density at radius 1 is 1.16 bits per heavy atom. The Bertz CT molecular complexity index is 991. The fourth-order valence-corrected chi connectivity index (χ4v) is 5.60. The molecule has 1 N–H and O–H groups in total. The van der Waals surface area contributed by atoms with E-state index < -0.39 is 0 Å². The first kappa shape index (κ1) is 23.5. The highest BCUT2D eigenvalue weighted by Gasteiger charge is 2.45. The van der Waals surface area contributed by atoms with Crippen molar-refractivity contribution in [3.8, 4) is 0 Å². The molecule has 0 aromatic heterocycles. The molecule has 0 aliphatic carbocycles. The number of nitrogens with one attached hydrogen (secondary N) is 1. The molecule has 0 radical (unpaired) electrons. The lowest BCUT2D eigenvalue weighted by Gasteiger charge is -2.40. The lowest BCUT2D eigenvalue weighted by atomic mass is 9.74. The Labute approximate surface area is 199 Å². The maximum Gasteiger partial charge on any atom is 0.223 e. The van der Waals surface area contributed by atoms with Gasteiger partial charge in [-0.2, -0.15) is 0 Å². The van der Waals surface area contributed by atoms with Crippen LogP contribution >= 0.6 is 23.2 Å². The van der Waals surface area contributed by atoms with Crippen LogP contribution in [0, 0.1) is 5.82 Å². The summed E-state index contributed by atoms with van der Waals surface area (Å²) in [6, 6.07) is 10.7. The maximum absolute atomic E-state index is 14.1. The number of benzene rings is 2. The molecule has 172 valence electrons. The van der Waals surface area contributed by atoms with Crippen molar-refractivity contribution in [1.29, 1.82) is 0 Å². The molecule has 32 heavy (non-hydrogen) atoms. The number of anilines is 1. The van der Waals surface area contributed by atoms with Gasteiger partial charge in [-0.05, 0) is 93.3 Å². The molecule has 1 spiro atoms. The van der Waals surface area contributed by atoms with Crippen molar-refractivity contribution in [2.75, 3.05) is 44.7 Å². The fourth-order valence-electron chi connectivity index (χ4n) is 5.29. The Kier molecular flexibility index (Phi) is 7.11. The molecule has 0 unspecified atom stereocenters. The lowest BCUT2D eigenvalue weighted by molar-refractivity contribution is -0.116. The second-order valence-electron chi connectivity index (χ2n) is 9.11. The number of halogens is 3. The summed E-state index contributed by atoms with van der Waals surface area (Å²) in [5.41, 5.74) is 2.92. The Morgan fingerprint density at radius 2 is 1.91 bits per heavy atom. The van der Waals surface area contributed by atoms with Crippen molar-refractivity contribution in [3.63, 3.8) is 0 Å². The van der Waals surface area contributed by atoms with Gasteiger partial charge in [-0.3, -0.25) is 4.79 Å². The topological polar surface area (TPSA) is 35.6 Å². The van der Waals surface area contributed by atoms with Gasteiger partial charge >= 0.3 is 0 Å². The van der Waals surface area contributed by atoms with Gasteiger partial charge in [0.1, 0.15) is 5.82 Å². The standard InChI is InChI=1S/C25H30Cl2FN3O/c1-17(32)31-16-25(21-14-20(28)4-6-24(21)31)8-11-30(12-9-25)10-7-19(15-29-2)18-3-5-22(26)23(27)13-18/h3-6,13-14,19,29H,7-12,15-16H2,1-2H3/t19-/m1/s1. The van der Waals surface area contributed by atoms with E-state index in [-0.39, 0.29) is 17.1 Å². The van der Waals surface area contributed by atoms with E-state index in [4.69, 9.17) is 23.2 Å². The molecule has 1 atom stereocenters. The van der Waals surface area contributed by atoms with Crippen LogP contribution in [0.4, 0.5) is 10.1 Å². The molecule has 2 aliphatic heterocycles. The third-order valence-electron chi connectivity index (χ3n) is 7.13. The zero-order valence-electron chi connectivity index (χ0n) is 18.6. The van der Waals surface area contributed by atoms with Crippen molar-refractivity contribution in [1.82, 2.24) is 10.2 Å². The van der Waals surface area contributed by atoms with E-state index in [2.05, 4.69) is 16.3 Å². The molecule has 1 amide bonds. The van der Waals surface area contributed by atoms with Gasteiger partial charge < -0.3 is 15.1 Å². The van der Waals surface area contributed by atoms with Gasteiger partial charge in [0.2, 0.25) is 5.91 Å². The molecular formula is C25H30Cl2FN3O. The predicted octanol–water partition coefficient (Wildman–Crippen LogP) is 5.23. The van der Waals surface area contributed by atoms with Gasteiger partial charge in [-0.25, -0.2) is 4.39 Å². The van der Waals surface area contributed by atoms with Crippen molar-refractivity contribution in [2.45, 2.75) is 37.5 Å². The molecule has 0 bridgehead atoms. The highest BCUT2D eigenvalue weighted by atomic mass is 35.5. The number of likely N-dealkylation sites (tertiary alicyclic amines) is 1. The molecule has 2 heterocycles. The lowest BCUT2D eigenvalue weighted by Crippen LogP contribution is -2.46. The molecule has 1 saturated heterocycles. The van der Waals surface area contributed by atoms with Crippen molar-refractivity contribution < 1.29 is 9.18 Å². The zero-order chi connectivity index (χ0) is 22.9. The minimum atomic E-state index is -0.229. The number of carbonyl (C=O) groups excluding carboxylic acids is 1. The van der Waals surface area contributed by atoms with Gasteiger partial charge in [0, 0.05) is 31.1 Å². The second kappa shape index (κ2) is 9.68. The van der Waals surface area contributed by atoms with Gasteiger partial charge in [0.25, 0.3) is 0 Å². The van der Waals surface area contributed by atoms with E-state index in [0.717, 1.165) is 56.7 Å². The molecule has 2 aromatic rings. The smallest absolute Gasteiger partial charge is 0.223 e. The number of likely N-dealkylation sites (N-methyl/N-ethyl adjacent to an activating group) is 1. The minimum Gasteiger partial charge on any atom is -0.319 e. The summed E-state index contributed by atoms with van der Waals surface area (Å²) in [4.78, 5) is 16.5. The molecule has 4 nitrogen and oxygen atoms in total. The van der Waals surface area contributed by atoms with E-state index in [1.165, 1.54) is 11.6 Å². The predicted molar refractivity (Wildman–Crippen MR) is 130 cm³/mol. The van der Waals surface area contributed by atoms with Crippen LogP contribution in [0.5, 0.6) is 0 Å². The average Bonchev–Trinajstić information content (AvgIpc) is 3.08. The third kappa shape index (κ3) is 4.67. The molecule has 2 aliphatic rings. The summed E-state index contributed by atoms with van der Waals surface area (Å²) < 4.78 is 14.1. The molecule has 7 heteroatoms. The van der Waals surface area contributed by atoms with Gasteiger partial charge in [0.05, 0.1) is 10.0 Å². The van der Waals surface area contributed by atoms with Crippen molar-refractivity contribution in [3.05, 3.63) is 63.4 Å². The molecule has 1 fully saturated rings. The quantitative estimate of drug-likeness (QED) is 0.618. The van der Waals surface area contributed by atoms with Crippen LogP contribution in [-0.4, -0.2) is 50.6 Å². The number of piperidine rings is 1. The molecule has 4 rings (SSSR count). The normalized spacial score (nSPS) is 18.7. The van der Waals surface area contributed by atoms with Gasteiger partial charge in [0.15, 0.2) is 0 Å². The summed E-state index contributed by atoms with van der Waals surface area (Å²) in [6.45, 7) is 5.97. The number of hydrogen-bond donors (Lipinski definition) is 1. The maximum atomic E-state index is 14.1. The number of hydrogen-bond acceptors (Lipinski definition) is 3. The number of amides is 1. The highest BCUT2D eigenvalue weighted by molar-refractivity contribution is 6.42. The Balaban J connectivity index is 1.42.